The topological polar surface area (TPSA) is 154 Å². The normalized spacial score (nSPS) is 11.2. The third kappa shape index (κ3) is 15.8. The van der Waals surface area contributed by atoms with E-state index in [-0.39, 0.29) is 5.78 Å². The summed E-state index contributed by atoms with van der Waals surface area (Å²) in [6.07, 6.45) is 5.86. The molecule has 0 spiro atoms. The lowest BCUT2D eigenvalue weighted by molar-refractivity contribution is 0.102. The highest BCUT2D eigenvalue weighted by molar-refractivity contribution is 9.10. The van der Waals surface area contributed by atoms with E-state index in [9.17, 15) is 24.9 Å². The van der Waals surface area contributed by atoms with Gasteiger partial charge in [0, 0.05) is 49.4 Å². The van der Waals surface area contributed by atoms with Gasteiger partial charge < -0.3 is 30.2 Å². The number of benzene rings is 18. The van der Waals surface area contributed by atoms with Crippen molar-refractivity contribution in [3.05, 3.63) is 397 Å². The van der Waals surface area contributed by atoms with Crippen molar-refractivity contribution in [3.63, 3.8) is 0 Å². The summed E-state index contributed by atoms with van der Waals surface area (Å²) in [6, 6.07) is 124. The molecule has 556 valence electrons. The second-order valence-electron chi connectivity index (χ2n) is 28.4. The number of carbonyl (C=O) groups is 1. The number of nitrogen functional groups attached to an aromatic ring is 1. The summed E-state index contributed by atoms with van der Waals surface area (Å²) in [4.78, 5) is 19.8. The Kier molecular flexibility index (Phi) is 22.1. The highest BCUT2D eigenvalue weighted by atomic mass is 79.9. The van der Waals surface area contributed by atoms with E-state index in [0.717, 1.165) is 119 Å². The maximum Gasteiger partial charge on any atom is 0.488 e. The fraction of sp³-hybridized carbons (Fsp3) is 0.00980. The summed E-state index contributed by atoms with van der Waals surface area (Å²) in [5, 5.41) is 63.5. The molecule has 0 saturated carbocycles. The summed E-state index contributed by atoms with van der Waals surface area (Å²) in [7, 11) is -3.08. The fourth-order valence-corrected chi connectivity index (χ4v) is 16.5. The van der Waals surface area contributed by atoms with E-state index >= 15 is 0 Å². The number of carbonyl (C=O) groups excluding carboxylic acids is 1. The van der Waals surface area contributed by atoms with Crippen LogP contribution in [0.1, 0.15) is 10.4 Å². The van der Waals surface area contributed by atoms with E-state index in [1.807, 2.05) is 91.0 Å². The highest BCUT2D eigenvalue weighted by Crippen LogP contribution is 2.47. The molecule has 21 aromatic rings. The number of imidazole rings is 1. The Morgan fingerprint density at radius 1 is 0.328 bits per heavy atom. The van der Waals surface area contributed by atoms with Crippen LogP contribution in [0.15, 0.2) is 392 Å². The zero-order valence-electron chi connectivity index (χ0n) is 62.5. The van der Waals surface area contributed by atoms with Crippen LogP contribution < -0.4 is 16.7 Å². The number of nitrogens with zero attached hydrogens (tertiary/aromatic N) is 3. The third-order valence-electron chi connectivity index (χ3n) is 21.3. The van der Waals surface area contributed by atoms with Crippen LogP contribution in [0, 0.1) is 0 Å². The molecule has 0 aliphatic rings. The summed E-state index contributed by atoms with van der Waals surface area (Å²) in [6.45, 7) is 0. The summed E-state index contributed by atoms with van der Waals surface area (Å²) < 4.78 is 4.15. The average Bonchev–Trinajstić information content (AvgIpc) is 0.940. The van der Waals surface area contributed by atoms with Gasteiger partial charge in [-0.05, 0) is 213 Å². The molecule has 0 aliphatic heterocycles. The molecular weight excluding hydrogens is 1620 g/mol. The van der Waals surface area contributed by atoms with Gasteiger partial charge in [-0.1, -0.05) is 351 Å². The second kappa shape index (κ2) is 33.8. The van der Waals surface area contributed by atoms with E-state index in [4.69, 9.17) is 10.7 Å². The van der Waals surface area contributed by atoms with Gasteiger partial charge in [0.25, 0.3) is 0 Å². The molecule has 0 aliphatic carbocycles. The molecule has 3 aromatic heterocycles. The standard InChI is InChI=1S/2C34H23BO2.C17H11BrN2.C9H8N2.C8H6Br2O/c2*36-35(37)28-17-18-31-32(21-28)34(27-16-14-23-8-2-4-10-25(23)20-27)30-12-6-5-11-29(30)33(31)26-15-13-22-7-1-3-9-24(22)19-26;18-14-7-5-13(6-8-14)16-11-20-10-9-12-3-1-2-4-15(12)17(20)19-16;10-9-8-4-2-1-3-7(8)5-6-11-9;9-5-8(11)6-1-3-7(10)4-2-6/h2*1-21,36-37H;1-11H;1-6H,(H2,10,11);1-4H,5H2. The van der Waals surface area contributed by atoms with Crippen molar-refractivity contribution in [2.75, 3.05) is 11.1 Å². The molecule has 3 heterocycles. The predicted molar refractivity (Wildman–Crippen MR) is 499 cm³/mol. The van der Waals surface area contributed by atoms with Crippen molar-refractivity contribution in [3.8, 4) is 55.8 Å². The molecule has 116 heavy (non-hydrogen) atoms. The number of fused-ring (bicyclic) bond motifs is 12. The number of halogens is 3. The van der Waals surface area contributed by atoms with Crippen LogP contribution in [-0.2, 0) is 0 Å². The Hall–Kier alpha value is -12.7. The molecule has 0 amide bonds. The highest BCUT2D eigenvalue weighted by Gasteiger charge is 2.23. The Morgan fingerprint density at radius 3 is 1.04 bits per heavy atom. The van der Waals surface area contributed by atoms with Gasteiger partial charge in [-0.3, -0.25) is 4.79 Å². The van der Waals surface area contributed by atoms with Crippen LogP contribution in [0.25, 0.3) is 169 Å². The number of nitrogens with two attached hydrogens (primary N) is 1. The molecular formula is C102H71B2Br3N4O5. The van der Waals surface area contributed by atoms with Gasteiger partial charge in [-0.15, -0.1) is 0 Å². The first-order chi connectivity index (χ1) is 56.8. The van der Waals surface area contributed by atoms with Gasteiger partial charge in [0.2, 0.25) is 0 Å². The summed E-state index contributed by atoms with van der Waals surface area (Å²) in [5.41, 5.74) is 19.5. The number of anilines is 1. The van der Waals surface area contributed by atoms with Gasteiger partial charge >= 0.3 is 14.2 Å². The zero-order valence-corrected chi connectivity index (χ0v) is 67.2. The quantitative estimate of drug-likeness (QED) is 0.0414. The Morgan fingerprint density at radius 2 is 0.655 bits per heavy atom. The predicted octanol–water partition coefficient (Wildman–Crippen LogP) is 24.4. The number of alkyl halides is 1. The van der Waals surface area contributed by atoms with Crippen LogP contribution in [0.3, 0.4) is 0 Å². The molecule has 0 saturated heterocycles. The summed E-state index contributed by atoms with van der Waals surface area (Å²) >= 11 is 9.86. The van der Waals surface area contributed by atoms with Crippen molar-refractivity contribution in [2.45, 2.75) is 0 Å². The minimum atomic E-state index is -1.54. The monoisotopic (exact) mass is 1690 g/mol. The number of hydrogen-bond acceptors (Lipinski definition) is 8. The molecule has 0 radical (unpaired) electrons. The molecule has 21 rings (SSSR count). The van der Waals surface area contributed by atoms with Gasteiger partial charge in [-0.25, -0.2) is 9.97 Å². The van der Waals surface area contributed by atoms with Crippen molar-refractivity contribution in [2.24, 2.45) is 0 Å². The van der Waals surface area contributed by atoms with Crippen molar-refractivity contribution >= 4 is 198 Å². The number of hydrogen-bond donors (Lipinski definition) is 5. The van der Waals surface area contributed by atoms with Crippen molar-refractivity contribution in [1.29, 1.82) is 0 Å². The first-order valence-electron chi connectivity index (χ1n) is 38.0. The minimum absolute atomic E-state index is 0.109. The minimum Gasteiger partial charge on any atom is -0.423 e. The zero-order chi connectivity index (χ0) is 79.3. The average molecular weight is 1690 g/mol. The lowest BCUT2D eigenvalue weighted by atomic mass is 9.77. The van der Waals surface area contributed by atoms with E-state index in [0.29, 0.717) is 22.1 Å². The molecule has 0 atom stereocenters. The number of Topliss-reactive ketones (excluding diaryl/α,β-unsaturated/α-hetero) is 1. The Bertz CT molecular complexity index is 7010. The lowest BCUT2D eigenvalue weighted by Gasteiger charge is -2.19. The molecule has 0 bridgehead atoms. The number of aromatic nitrogens is 3. The number of pyridine rings is 2. The first-order valence-corrected chi connectivity index (χ1v) is 40.7. The van der Waals surface area contributed by atoms with Gasteiger partial charge in [0.15, 0.2) is 5.78 Å². The third-order valence-corrected chi connectivity index (χ3v) is 22.9. The van der Waals surface area contributed by atoms with Crippen LogP contribution in [-0.4, -0.2) is 59.8 Å². The Labute approximate surface area is 695 Å². The van der Waals surface area contributed by atoms with Crippen molar-refractivity contribution < 1.29 is 24.9 Å². The Balaban J connectivity index is 0.000000113. The van der Waals surface area contributed by atoms with Gasteiger partial charge in [-0.2, -0.15) is 0 Å². The molecule has 18 aromatic carbocycles. The maximum absolute atomic E-state index is 11.1. The van der Waals surface area contributed by atoms with E-state index < -0.39 is 14.2 Å². The van der Waals surface area contributed by atoms with Gasteiger partial charge in [0.1, 0.15) is 11.5 Å². The van der Waals surface area contributed by atoms with Crippen LogP contribution in [0.2, 0.25) is 0 Å². The van der Waals surface area contributed by atoms with E-state index in [1.165, 1.54) is 64.6 Å². The number of ketones is 1. The molecule has 9 nitrogen and oxygen atoms in total. The molecule has 14 heteroatoms. The van der Waals surface area contributed by atoms with E-state index in [1.54, 1.807) is 18.3 Å². The van der Waals surface area contributed by atoms with Gasteiger partial charge in [0.05, 0.1) is 11.0 Å². The number of rotatable bonds is 9. The van der Waals surface area contributed by atoms with E-state index in [2.05, 4.69) is 330 Å². The second-order valence-corrected chi connectivity index (χ2v) is 30.8. The molecule has 6 N–H and O–H groups in total. The van der Waals surface area contributed by atoms with Crippen LogP contribution in [0.5, 0.6) is 0 Å². The van der Waals surface area contributed by atoms with Crippen LogP contribution >= 0.6 is 47.8 Å². The van der Waals surface area contributed by atoms with Crippen molar-refractivity contribution in [1.82, 2.24) is 14.4 Å². The smallest absolute Gasteiger partial charge is 0.423 e. The van der Waals surface area contributed by atoms with Crippen LogP contribution in [0.4, 0.5) is 5.82 Å². The first kappa shape index (κ1) is 75.9. The fourth-order valence-electron chi connectivity index (χ4n) is 15.7. The molecule has 0 fully saturated rings. The molecule has 0 unspecified atom stereocenters. The SMILES string of the molecule is Brc1ccc(-c2cn3ccc4ccccc4c3n2)cc1.Nc1nccc2ccccc12.O=C(CBr)c1ccc(Br)cc1.OB(O)c1ccc2c(-c3ccc4ccccc4c3)c3ccccc3c(-c3ccc4ccccc4c3)c2c1.OB(O)c1ccc2c(-c3ccc4ccccc4c3)c3ccccc3c(-c3ccc4ccccc4c3)c2c1. The maximum atomic E-state index is 11.1. The lowest BCUT2D eigenvalue weighted by Crippen LogP contribution is -2.29. The largest absolute Gasteiger partial charge is 0.488 e. The summed E-state index contributed by atoms with van der Waals surface area (Å²) in [5.74, 6) is 0.709.